The molecule has 3 aromatic heterocycles. The lowest BCUT2D eigenvalue weighted by Crippen LogP contribution is -2.13. The van der Waals surface area contributed by atoms with Gasteiger partial charge in [0.05, 0.1) is 18.4 Å². The number of amides is 1. The van der Waals surface area contributed by atoms with E-state index in [-0.39, 0.29) is 11.5 Å². The van der Waals surface area contributed by atoms with Gasteiger partial charge in [-0.1, -0.05) is 23.7 Å². The second-order valence-electron chi connectivity index (χ2n) is 6.62. The summed E-state index contributed by atoms with van der Waals surface area (Å²) in [5.41, 5.74) is 1.29. The number of ketones is 1. The van der Waals surface area contributed by atoms with Crippen molar-refractivity contribution in [2.45, 2.75) is 20.4 Å². The monoisotopic (exact) mass is 424 g/mol. The summed E-state index contributed by atoms with van der Waals surface area (Å²) in [6, 6.07) is 10.3. The molecular formula is C21H17ClN4O4. The predicted octanol–water partition coefficient (Wildman–Crippen LogP) is 4.60. The van der Waals surface area contributed by atoms with Crippen molar-refractivity contribution in [3.05, 3.63) is 76.9 Å². The molecule has 30 heavy (non-hydrogen) atoms. The van der Waals surface area contributed by atoms with Crippen LogP contribution in [0.3, 0.4) is 0 Å². The third-order valence-electron chi connectivity index (χ3n) is 4.25. The highest BCUT2D eigenvalue weighted by Crippen LogP contribution is 2.27. The maximum absolute atomic E-state index is 12.8. The zero-order valence-corrected chi connectivity index (χ0v) is 16.9. The molecule has 0 aliphatic heterocycles. The highest BCUT2D eigenvalue weighted by atomic mass is 35.5. The summed E-state index contributed by atoms with van der Waals surface area (Å²) >= 11 is 6.05. The summed E-state index contributed by atoms with van der Waals surface area (Å²) in [4.78, 5) is 28.3. The van der Waals surface area contributed by atoms with E-state index in [1.54, 1.807) is 54.2 Å². The number of aromatic nitrogens is 3. The smallest absolute Gasteiger partial charge is 0.278 e. The Morgan fingerprint density at radius 2 is 2.03 bits per heavy atom. The van der Waals surface area contributed by atoms with E-state index in [4.69, 9.17) is 20.4 Å². The predicted molar refractivity (Wildman–Crippen MR) is 110 cm³/mol. The molecule has 0 bridgehead atoms. The molecule has 4 aromatic rings. The summed E-state index contributed by atoms with van der Waals surface area (Å²) in [6.45, 7) is 3.43. The van der Waals surface area contributed by atoms with Gasteiger partial charge >= 0.3 is 0 Å². The molecule has 0 spiro atoms. The molecule has 9 heteroatoms. The Bertz CT molecular complexity index is 1240. The van der Waals surface area contributed by atoms with Gasteiger partial charge in [0.25, 0.3) is 5.91 Å². The molecule has 0 unspecified atom stereocenters. The van der Waals surface area contributed by atoms with Crippen molar-refractivity contribution in [3.8, 4) is 11.3 Å². The second-order valence-corrected chi connectivity index (χ2v) is 7.06. The van der Waals surface area contributed by atoms with Crippen LogP contribution in [-0.2, 0) is 6.54 Å². The van der Waals surface area contributed by atoms with Crippen LogP contribution in [0, 0.1) is 6.92 Å². The van der Waals surface area contributed by atoms with Gasteiger partial charge in [0.2, 0.25) is 0 Å². The second kappa shape index (κ2) is 8.00. The number of Topliss-reactive ketones (excluding diaryl/α,β-unsaturated/α-hetero) is 1. The number of furan rings is 1. The molecule has 0 aliphatic carbocycles. The number of oxazole rings is 1. The van der Waals surface area contributed by atoms with E-state index in [2.05, 4.69) is 15.4 Å². The Hall–Kier alpha value is -3.65. The first kappa shape index (κ1) is 19.7. The summed E-state index contributed by atoms with van der Waals surface area (Å²) in [6.07, 6.45) is 3.17. The number of carbonyl (C=O) groups is 2. The van der Waals surface area contributed by atoms with Crippen LogP contribution in [0.4, 0.5) is 5.69 Å². The van der Waals surface area contributed by atoms with E-state index in [1.807, 2.05) is 0 Å². The third-order valence-corrected chi connectivity index (χ3v) is 4.49. The van der Waals surface area contributed by atoms with Crippen molar-refractivity contribution in [1.29, 1.82) is 0 Å². The average molecular weight is 425 g/mol. The lowest BCUT2D eigenvalue weighted by molar-refractivity contribution is 0.0983. The van der Waals surface area contributed by atoms with Crippen LogP contribution in [0.25, 0.3) is 11.3 Å². The van der Waals surface area contributed by atoms with Gasteiger partial charge in [-0.15, -0.1) is 0 Å². The number of nitrogens with zero attached hydrogens (tertiary/aromatic N) is 3. The van der Waals surface area contributed by atoms with E-state index in [0.29, 0.717) is 46.0 Å². The summed E-state index contributed by atoms with van der Waals surface area (Å²) in [5.74, 6) is 1.00. The van der Waals surface area contributed by atoms with Crippen LogP contribution < -0.4 is 5.32 Å². The minimum absolute atomic E-state index is 0.145. The number of anilines is 1. The lowest BCUT2D eigenvalue weighted by Gasteiger charge is -2.03. The molecule has 0 atom stereocenters. The van der Waals surface area contributed by atoms with E-state index in [1.165, 1.54) is 13.1 Å². The molecule has 1 N–H and O–H groups in total. The Morgan fingerprint density at radius 3 is 2.77 bits per heavy atom. The van der Waals surface area contributed by atoms with Crippen molar-refractivity contribution >= 4 is 29.0 Å². The summed E-state index contributed by atoms with van der Waals surface area (Å²) < 4.78 is 12.7. The van der Waals surface area contributed by atoms with Gasteiger partial charge in [-0.2, -0.15) is 5.10 Å². The van der Waals surface area contributed by atoms with Gasteiger partial charge < -0.3 is 14.2 Å². The van der Waals surface area contributed by atoms with Crippen LogP contribution in [0.15, 0.2) is 57.6 Å². The van der Waals surface area contributed by atoms with Crippen LogP contribution in [0.2, 0.25) is 5.02 Å². The van der Waals surface area contributed by atoms with Gasteiger partial charge in [-0.05, 0) is 24.3 Å². The number of aryl methyl sites for hydroxylation is 1. The van der Waals surface area contributed by atoms with Crippen LogP contribution in [0.1, 0.15) is 39.6 Å². The van der Waals surface area contributed by atoms with Gasteiger partial charge in [-0.3, -0.25) is 14.3 Å². The Morgan fingerprint density at radius 1 is 1.20 bits per heavy atom. The number of hydrogen-bond acceptors (Lipinski definition) is 6. The highest BCUT2D eigenvalue weighted by molar-refractivity contribution is 6.30. The van der Waals surface area contributed by atoms with Crippen LogP contribution in [-0.4, -0.2) is 26.5 Å². The van der Waals surface area contributed by atoms with Crippen molar-refractivity contribution in [2.24, 2.45) is 0 Å². The van der Waals surface area contributed by atoms with Crippen molar-refractivity contribution in [2.75, 3.05) is 5.32 Å². The number of rotatable bonds is 6. The number of halogens is 1. The summed E-state index contributed by atoms with van der Waals surface area (Å²) in [7, 11) is 0. The molecule has 152 valence electrons. The standard InChI is InChI=1S/C21H17ClN4O4/c1-12(27)18-7-6-17(30-18)11-26-10-16(9-23-26)25-21(28)19-20(29-13(2)24-19)14-4-3-5-15(22)8-14/h3-10H,11H2,1-2H3,(H,25,28). The zero-order chi connectivity index (χ0) is 21.3. The number of carbonyl (C=O) groups excluding carboxylic acids is 2. The van der Waals surface area contributed by atoms with Gasteiger partial charge in [0, 0.05) is 30.6 Å². The van der Waals surface area contributed by atoms with Gasteiger partial charge in [0.15, 0.2) is 28.9 Å². The third kappa shape index (κ3) is 4.18. The van der Waals surface area contributed by atoms with E-state index < -0.39 is 5.91 Å². The highest BCUT2D eigenvalue weighted by Gasteiger charge is 2.21. The van der Waals surface area contributed by atoms with Gasteiger partial charge in [-0.25, -0.2) is 4.98 Å². The molecule has 0 radical (unpaired) electrons. The average Bonchev–Trinajstić information content (AvgIpc) is 3.42. The quantitative estimate of drug-likeness (QED) is 0.454. The van der Waals surface area contributed by atoms with Crippen molar-refractivity contribution < 1.29 is 18.4 Å². The molecule has 0 aliphatic rings. The SMILES string of the molecule is CC(=O)c1ccc(Cn2cc(NC(=O)c3nc(C)oc3-c3cccc(Cl)c3)cn2)o1. The summed E-state index contributed by atoms with van der Waals surface area (Å²) in [5, 5.41) is 7.50. The molecule has 4 rings (SSSR count). The molecule has 8 nitrogen and oxygen atoms in total. The first-order valence-electron chi connectivity index (χ1n) is 9.06. The topological polar surface area (TPSA) is 103 Å². The largest absolute Gasteiger partial charge is 0.456 e. The van der Waals surface area contributed by atoms with Crippen LogP contribution in [0.5, 0.6) is 0 Å². The molecule has 1 amide bonds. The maximum Gasteiger partial charge on any atom is 0.278 e. The zero-order valence-electron chi connectivity index (χ0n) is 16.2. The Kier molecular flexibility index (Phi) is 5.24. The minimum Gasteiger partial charge on any atom is -0.456 e. The molecule has 0 saturated heterocycles. The molecule has 0 fully saturated rings. The maximum atomic E-state index is 12.8. The fourth-order valence-electron chi connectivity index (χ4n) is 2.92. The van der Waals surface area contributed by atoms with E-state index in [0.717, 1.165) is 0 Å². The first-order valence-corrected chi connectivity index (χ1v) is 9.43. The van der Waals surface area contributed by atoms with E-state index >= 15 is 0 Å². The van der Waals surface area contributed by atoms with Crippen LogP contribution >= 0.6 is 11.6 Å². The molecule has 1 aromatic carbocycles. The molecule has 0 saturated carbocycles. The van der Waals surface area contributed by atoms with E-state index in [9.17, 15) is 9.59 Å². The minimum atomic E-state index is -0.432. The number of nitrogens with one attached hydrogen (secondary N) is 1. The fraction of sp³-hybridized carbons (Fsp3) is 0.143. The Balaban J connectivity index is 1.50. The number of hydrogen-bond donors (Lipinski definition) is 1. The Labute approximate surface area is 176 Å². The first-order chi connectivity index (χ1) is 14.4. The van der Waals surface area contributed by atoms with Crippen molar-refractivity contribution in [1.82, 2.24) is 14.8 Å². The molecular weight excluding hydrogens is 408 g/mol. The van der Waals surface area contributed by atoms with Gasteiger partial charge in [0.1, 0.15) is 5.76 Å². The fourth-order valence-corrected chi connectivity index (χ4v) is 3.11. The van der Waals surface area contributed by atoms with Crippen molar-refractivity contribution in [3.63, 3.8) is 0 Å². The normalized spacial score (nSPS) is 10.9. The number of benzene rings is 1. The lowest BCUT2D eigenvalue weighted by atomic mass is 10.1. The molecule has 3 heterocycles.